The summed E-state index contributed by atoms with van der Waals surface area (Å²) in [5, 5.41) is 15.6. The molecular formula is C26H41N3O5S. The highest BCUT2D eigenvalue weighted by atomic mass is 32.2. The number of benzene rings is 1. The second kappa shape index (κ2) is 11.5. The lowest BCUT2D eigenvalue weighted by atomic mass is 9.99. The first-order chi connectivity index (χ1) is 16.1. The number of carbonyl (C=O) groups is 3. The maximum atomic E-state index is 14.0. The Morgan fingerprint density at radius 2 is 1.71 bits per heavy atom. The van der Waals surface area contributed by atoms with Crippen molar-refractivity contribution in [1.29, 1.82) is 0 Å². The summed E-state index contributed by atoms with van der Waals surface area (Å²) in [4.78, 5) is 41.9. The van der Waals surface area contributed by atoms with Gasteiger partial charge >= 0.3 is 6.09 Å². The van der Waals surface area contributed by atoms with Crippen LogP contribution >= 0.6 is 11.8 Å². The standard InChI is InChI=1S/C26H41N3O5S/c1-16-15-20(16)29(23(32)19(13-14-35-8)27-24(33)34-26(5,6)7)21(22(31)28-25(2,3)4)17-9-11-18(30)12-10-17/h9-12,16,19-21,30H,13-15H2,1-8H3,(H,27,33)(H,28,31). The third-order valence-corrected chi connectivity index (χ3v) is 6.16. The SMILES string of the molecule is CSCCC(NC(=O)OC(C)(C)C)C(=O)N(C(C(=O)NC(C)(C)C)c1ccc(O)cc1)C1CC1C. The van der Waals surface area contributed by atoms with E-state index < -0.39 is 29.3 Å². The summed E-state index contributed by atoms with van der Waals surface area (Å²) in [7, 11) is 0. The number of nitrogens with zero attached hydrogens (tertiary/aromatic N) is 1. The number of ether oxygens (including phenoxy) is 1. The van der Waals surface area contributed by atoms with Gasteiger partial charge in [0.2, 0.25) is 11.8 Å². The van der Waals surface area contributed by atoms with Gasteiger partial charge < -0.3 is 25.4 Å². The van der Waals surface area contributed by atoms with E-state index in [1.54, 1.807) is 49.6 Å². The van der Waals surface area contributed by atoms with E-state index in [1.807, 2.05) is 34.0 Å². The summed E-state index contributed by atoms with van der Waals surface area (Å²) in [6.07, 6.45) is 2.44. The van der Waals surface area contributed by atoms with Crippen LogP contribution in [0.15, 0.2) is 24.3 Å². The van der Waals surface area contributed by atoms with E-state index >= 15 is 0 Å². The van der Waals surface area contributed by atoms with Gasteiger partial charge in [-0.05, 0) is 90.0 Å². The zero-order valence-corrected chi connectivity index (χ0v) is 23.0. The Hall–Kier alpha value is -2.42. The minimum absolute atomic E-state index is 0.0748. The second-order valence-corrected chi connectivity index (χ2v) is 12.2. The Balaban J connectivity index is 2.47. The molecule has 9 heteroatoms. The molecule has 1 fully saturated rings. The quantitative estimate of drug-likeness (QED) is 0.462. The van der Waals surface area contributed by atoms with Gasteiger partial charge in [-0.25, -0.2) is 4.79 Å². The Morgan fingerprint density at radius 1 is 1.14 bits per heavy atom. The number of hydrogen-bond donors (Lipinski definition) is 3. The average molecular weight is 508 g/mol. The Bertz CT molecular complexity index is 892. The van der Waals surface area contributed by atoms with Gasteiger partial charge in [0.05, 0.1) is 0 Å². The molecule has 0 bridgehead atoms. The number of alkyl carbamates (subject to hydrolysis) is 1. The van der Waals surface area contributed by atoms with Crippen LogP contribution in [0.3, 0.4) is 0 Å². The van der Waals surface area contributed by atoms with Crippen LogP contribution in [-0.4, -0.2) is 63.1 Å². The number of hydrogen-bond acceptors (Lipinski definition) is 6. The van der Waals surface area contributed by atoms with Crippen molar-refractivity contribution in [1.82, 2.24) is 15.5 Å². The van der Waals surface area contributed by atoms with Gasteiger partial charge in [0.25, 0.3) is 0 Å². The molecule has 3 amide bonds. The molecule has 1 aliphatic carbocycles. The molecule has 4 atom stereocenters. The Morgan fingerprint density at radius 3 is 2.17 bits per heavy atom. The Kier molecular flexibility index (Phi) is 9.50. The van der Waals surface area contributed by atoms with Gasteiger partial charge in [-0.1, -0.05) is 19.1 Å². The van der Waals surface area contributed by atoms with Crippen molar-refractivity contribution in [3.63, 3.8) is 0 Å². The molecule has 0 saturated heterocycles. The maximum absolute atomic E-state index is 14.0. The maximum Gasteiger partial charge on any atom is 0.408 e. The van der Waals surface area contributed by atoms with Gasteiger partial charge in [-0.3, -0.25) is 9.59 Å². The van der Waals surface area contributed by atoms with Crippen molar-refractivity contribution in [3.8, 4) is 5.75 Å². The Labute approximate surface area is 213 Å². The molecule has 1 saturated carbocycles. The van der Waals surface area contributed by atoms with E-state index in [9.17, 15) is 19.5 Å². The van der Waals surface area contributed by atoms with Crippen molar-refractivity contribution >= 4 is 29.7 Å². The summed E-state index contributed by atoms with van der Waals surface area (Å²) in [6, 6.07) is 4.46. The van der Waals surface area contributed by atoms with E-state index in [0.29, 0.717) is 17.7 Å². The normalized spacial score (nSPS) is 19.3. The van der Waals surface area contributed by atoms with Crippen molar-refractivity contribution < 1.29 is 24.2 Å². The summed E-state index contributed by atoms with van der Waals surface area (Å²) in [5.41, 5.74) is -0.621. The molecule has 2 rings (SSSR count). The molecule has 1 aromatic rings. The lowest BCUT2D eigenvalue weighted by Crippen LogP contribution is -2.55. The number of nitrogens with one attached hydrogen (secondary N) is 2. The van der Waals surface area contributed by atoms with Crippen LogP contribution in [0.25, 0.3) is 0 Å². The first-order valence-electron chi connectivity index (χ1n) is 12.0. The van der Waals surface area contributed by atoms with Crippen LogP contribution in [0.4, 0.5) is 4.79 Å². The molecule has 3 N–H and O–H groups in total. The van der Waals surface area contributed by atoms with E-state index in [0.717, 1.165) is 6.42 Å². The zero-order chi connectivity index (χ0) is 26.6. The fourth-order valence-corrected chi connectivity index (χ4v) is 4.30. The largest absolute Gasteiger partial charge is 0.508 e. The van der Waals surface area contributed by atoms with Gasteiger partial charge in [0.1, 0.15) is 23.4 Å². The van der Waals surface area contributed by atoms with Gasteiger partial charge in [-0.2, -0.15) is 11.8 Å². The smallest absolute Gasteiger partial charge is 0.408 e. The fourth-order valence-electron chi connectivity index (χ4n) is 3.83. The zero-order valence-electron chi connectivity index (χ0n) is 22.2. The molecular weight excluding hydrogens is 466 g/mol. The molecule has 4 unspecified atom stereocenters. The number of aromatic hydroxyl groups is 1. The van der Waals surface area contributed by atoms with Crippen LogP contribution in [0.5, 0.6) is 5.75 Å². The topological polar surface area (TPSA) is 108 Å². The third-order valence-electron chi connectivity index (χ3n) is 5.51. The molecule has 0 heterocycles. The molecule has 1 aliphatic rings. The number of rotatable bonds is 9. The molecule has 0 aliphatic heterocycles. The first kappa shape index (κ1) is 28.8. The van der Waals surface area contributed by atoms with E-state index in [1.165, 1.54) is 12.1 Å². The lowest BCUT2D eigenvalue weighted by molar-refractivity contribution is -0.144. The molecule has 35 heavy (non-hydrogen) atoms. The molecule has 8 nitrogen and oxygen atoms in total. The summed E-state index contributed by atoms with van der Waals surface area (Å²) < 4.78 is 5.41. The number of amides is 3. The van der Waals surface area contributed by atoms with E-state index in [2.05, 4.69) is 10.6 Å². The average Bonchev–Trinajstić information content (AvgIpc) is 3.42. The number of phenolic OH excluding ortho intramolecular Hbond substituents is 1. The molecule has 1 aromatic carbocycles. The first-order valence-corrected chi connectivity index (χ1v) is 13.4. The van der Waals surface area contributed by atoms with Crippen LogP contribution in [0, 0.1) is 5.92 Å². The molecule has 196 valence electrons. The van der Waals surface area contributed by atoms with E-state index in [4.69, 9.17) is 4.74 Å². The summed E-state index contributed by atoms with van der Waals surface area (Å²) in [5.74, 6) is 0.325. The van der Waals surface area contributed by atoms with Crippen LogP contribution in [0.1, 0.15) is 72.9 Å². The van der Waals surface area contributed by atoms with Crippen molar-refractivity contribution in [2.75, 3.05) is 12.0 Å². The van der Waals surface area contributed by atoms with Crippen LogP contribution in [0.2, 0.25) is 0 Å². The van der Waals surface area contributed by atoms with Gasteiger partial charge in [0, 0.05) is 11.6 Å². The fraction of sp³-hybridized carbons (Fsp3) is 0.654. The highest BCUT2D eigenvalue weighted by Gasteiger charge is 2.48. The van der Waals surface area contributed by atoms with Crippen molar-refractivity contribution in [2.45, 2.75) is 90.6 Å². The minimum atomic E-state index is -0.908. The summed E-state index contributed by atoms with van der Waals surface area (Å²) in [6.45, 7) is 13.0. The highest BCUT2D eigenvalue weighted by molar-refractivity contribution is 7.98. The second-order valence-electron chi connectivity index (χ2n) is 11.2. The predicted molar refractivity (Wildman–Crippen MR) is 139 cm³/mol. The monoisotopic (exact) mass is 507 g/mol. The predicted octanol–water partition coefficient (Wildman–Crippen LogP) is 4.23. The van der Waals surface area contributed by atoms with E-state index in [-0.39, 0.29) is 29.5 Å². The van der Waals surface area contributed by atoms with Crippen molar-refractivity contribution in [2.24, 2.45) is 5.92 Å². The lowest BCUT2D eigenvalue weighted by Gasteiger charge is -2.36. The van der Waals surface area contributed by atoms with Gasteiger partial charge in [-0.15, -0.1) is 0 Å². The number of carbonyl (C=O) groups excluding carboxylic acids is 3. The highest BCUT2D eigenvalue weighted by Crippen LogP contribution is 2.41. The summed E-state index contributed by atoms with van der Waals surface area (Å²) >= 11 is 1.57. The minimum Gasteiger partial charge on any atom is -0.508 e. The van der Waals surface area contributed by atoms with Gasteiger partial charge in [0.15, 0.2) is 0 Å². The molecule has 0 radical (unpaired) electrons. The number of thioether (sulfide) groups is 1. The third kappa shape index (κ3) is 8.94. The van der Waals surface area contributed by atoms with Crippen LogP contribution in [-0.2, 0) is 14.3 Å². The van der Waals surface area contributed by atoms with Crippen molar-refractivity contribution in [3.05, 3.63) is 29.8 Å². The molecule has 0 spiro atoms. The van der Waals surface area contributed by atoms with Crippen LogP contribution < -0.4 is 10.6 Å². The number of phenols is 1. The molecule has 0 aromatic heterocycles.